The molecule has 172 valence electrons. The van der Waals surface area contributed by atoms with Crippen LogP contribution >= 0.6 is 0 Å². The molecule has 1 N–H and O–H groups in total. The Kier molecular flexibility index (Phi) is 4.49. The molecule has 0 unspecified atom stereocenters. The summed E-state index contributed by atoms with van der Waals surface area (Å²) in [5.41, 5.74) is 5.21. The molecular formula is C26H27N7O. The number of benzene rings is 1. The SMILES string of the molecule is CC(=O)CC12CC(Nc3nc(-c4cccc(-c5cnn(C)c5)c4)ncc3-c3cnn(C)c3)(C1)C2. The lowest BCUT2D eigenvalue weighted by molar-refractivity contribution is -0.144. The van der Waals surface area contributed by atoms with E-state index in [9.17, 15) is 4.79 Å². The summed E-state index contributed by atoms with van der Waals surface area (Å²) in [5.74, 6) is 1.77. The molecule has 2 bridgehead atoms. The Bertz CT molecular complexity index is 1400. The molecule has 3 saturated carbocycles. The number of carbonyl (C=O) groups excluding carboxylic acids is 1. The number of aryl methyl sites for hydroxylation is 2. The Morgan fingerprint density at radius 3 is 2.29 bits per heavy atom. The molecule has 3 aliphatic rings. The highest BCUT2D eigenvalue weighted by Crippen LogP contribution is 2.70. The van der Waals surface area contributed by atoms with Crippen molar-refractivity contribution >= 4 is 11.6 Å². The minimum atomic E-state index is 0.0234. The molecule has 4 aromatic rings. The van der Waals surface area contributed by atoms with Gasteiger partial charge in [0.25, 0.3) is 0 Å². The molecule has 7 rings (SSSR count). The Balaban J connectivity index is 1.34. The highest BCUT2D eigenvalue weighted by Gasteiger charge is 2.68. The zero-order valence-corrected chi connectivity index (χ0v) is 19.6. The van der Waals surface area contributed by atoms with Crippen molar-refractivity contribution in [2.45, 2.75) is 38.1 Å². The highest BCUT2D eigenvalue weighted by molar-refractivity contribution is 5.79. The molecule has 0 radical (unpaired) electrons. The van der Waals surface area contributed by atoms with E-state index in [1.807, 2.05) is 57.2 Å². The van der Waals surface area contributed by atoms with Crippen LogP contribution < -0.4 is 5.32 Å². The summed E-state index contributed by atoms with van der Waals surface area (Å²) in [6, 6.07) is 8.23. The van der Waals surface area contributed by atoms with Crippen molar-refractivity contribution in [1.29, 1.82) is 0 Å². The van der Waals surface area contributed by atoms with Crippen LogP contribution in [-0.2, 0) is 18.9 Å². The number of nitrogens with one attached hydrogen (secondary N) is 1. The molecule has 8 nitrogen and oxygen atoms in total. The molecule has 1 aromatic carbocycles. The van der Waals surface area contributed by atoms with Crippen LogP contribution in [0.25, 0.3) is 33.6 Å². The summed E-state index contributed by atoms with van der Waals surface area (Å²) >= 11 is 0. The number of ketones is 1. The van der Waals surface area contributed by atoms with Gasteiger partial charge in [-0.05, 0) is 43.2 Å². The van der Waals surface area contributed by atoms with Crippen molar-refractivity contribution in [3.05, 3.63) is 55.2 Å². The number of rotatable bonds is 7. The third-order valence-electron chi connectivity index (χ3n) is 7.11. The van der Waals surface area contributed by atoms with E-state index >= 15 is 0 Å². The van der Waals surface area contributed by atoms with Gasteiger partial charge in [0, 0.05) is 66.9 Å². The van der Waals surface area contributed by atoms with Crippen molar-refractivity contribution in [1.82, 2.24) is 29.5 Å². The summed E-state index contributed by atoms with van der Waals surface area (Å²) in [4.78, 5) is 21.4. The fourth-order valence-corrected chi connectivity index (χ4v) is 5.89. The maximum absolute atomic E-state index is 11.7. The third-order valence-corrected chi connectivity index (χ3v) is 7.11. The standard InChI is InChI=1S/C26H27N7O/c1-17(34)8-25-14-26(15-25,16-25)31-24-22(21-10-29-33(3)13-21)11-27-23(30-24)19-6-4-5-18(7-19)20-9-28-32(2)12-20/h4-7,9-13H,8,14-16H2,1-3H3,(H,27,30,31). The first-order valence-electron chi connectivity index (χ1n) is 11.6. The second-order valence-electron chi connectivity index (χ2n) is 10.2. The van der Waals surface area contributed by atoms with E-state index in [4.69, 9.17) is 9.97 Å². The van der Waals surface area contributed by atoms with Crippen LogP contribution in [0, 0.1) is 5.41 Å². The number of carbonyl (C=O) groups is 1. The Morgan fingerprint density at radius 2 is 1.65 bits per heavy atom. The summed E-state index contributed by atoms with van der Waals surface area (Å²) in [7, 11) is 3.82. The van der Waals surface area contributed by atoms with Gasteiger partial charge < -0.3 is 10.1 Å². The molecule has 0 aliphatic heterocycles. The van der Waals surface area contributed by atoms with Crippen molar-refractivity contribution in [3.63, 3.8) is 0 Å². The number of aromatic nitrogens is 6. The maximum Gasteiger partial charge on any atom is 0.161 e. The summed E-state index contributed by atoms with van der Waals surface area (Å²) in [6.45, 7) is 1.69. The van der Waals surface area contributed by atoms with Gasteiger partial charge in [-0.3, -0.25) is 9.36 Å². The van der Waals surface area contributed by atoms with Crippen LogP contribution in [0.2, 0.25) is 0 Å². The highest BCUT2D eigenvalue weighted by atomic mass is 16.1. The number of hydrogen-bond acceptors (Lipinski definition) is 6. The monoisotopic (exact) mass is 453 g/mol. The molecule has 3 fully saturated rings. The molecule has 3 aliphatic carbocycles. The Labute approximate surface area is 198 Å². The summed E-state index contributed by atoms with van der Waals surface area (Å²) in [5, 5.41) is 12.4. The lowest BCUT2D eigenvalue weighted by atomic mass is 9.38. The van der Waals surface area contributed by atoms with Gasteiger partial charge in [0.2, 0.25) is 0 Å². The van der Waals surface area contributed by atoms with Crippen LogP contribution in [0.1, 0.15) is 32.6 Å². The van der Waals surface area contributed by atoms with E-state index in [-0.39, 0.29) is 16.7 Å². The van der Waals surface area contributed by atoms with Gasteiger partial charge in [-0.15, -0.1) is 0 Å². The molecule has 3 heterocycles. The normalized spacial score (nSPS) is 22.7. The van der Waals surface area contributed by atoms with Crippen molar-refractivity contribution in [3.8, 4) is 33.6 Å². The number of hydrogen-bond donors (Lipinski definition) is 1. The first-order valence-corrected chi connectivity index (χ1v) is 11.6. The van der Waals surface area contributed by atoms with Crippen molar-refractivity contribution in [2.75, 3.05) is 5.32 Å². The van der Waals surface area contributed by atoms with Gasteiger partial charge in [0.05, 0.1) is 12.4 Å². The zero-order valence-electron chi connectivity index (χ0n) is 19.6. The predicted octanol–water partition coefficient (Wildman–Crippen LogP) is 4.26. The minimum Gasteiger partial charge on any atom is -0.364 e. The molecule has 34 heavy (non-hydrogen) atoms. The smallest absolute Gasteiger partial charge is 0.161 e. The van der Waals surface area contributed by atoms with Crippen LogP contribution in [-0.4, -0.2) is 40.9 Å². The fraction of sp³-hybridized carbons (Fsp3) is 0.346. The van der Waals surface area contributed by atoms with E-state index in [0.717, 1.165) is 52.9 Å². The maximum atomic E-state index is 11.7. The molecule has 0 saturated heterocycles. The van der Waals surface area contributed by atoms with Gasteiger partial charge in [0.1, 0.15) is 11.6 Å². The molecule has 3 aromatic heterocycles. The second-order valence-corrected chi connectivity index (χ2v) is 10.2. The summed E-state index contributed by atoms with van der Waals surface area (Å²) < 4.78 is 3.58. The number of nitrogens with zero attached hydrogens (tertiary/aromatic N) is 6. The first kappa shape index (κ1) is 20.8. The molecular weight excluding hydrogens is 426 g/mol. The average molecular weight is 454 g/mol. The molecule has 0 atom stereocenters. The Hall–Kier alpha value is -3.81. The average Bonchev–Trinajstić information content (AvgIpc) is 3.39. The van der Waals surface area contributed by atoms with Gasteiger partial charge in [-0.25, -0.2) is 9.97 Å². The van der Waals surface area contributed by atoms with Crippen LogP contribution in [0.4, 0.5) is 5.82 Å². The van der Waals surface area contributed by atoms with Gasteiger partial charge >= 0.3 is 0 Å². The molecule has 0 amide bonds. The lowest BCUT2D eigenvalue weighted by Gasteiger charge is -2.71. The van der Waals surface area contributed by atoms with Crippen LogP contribution in [0.5, 0.6) is 0 Å². The second kappa shape index (κ2) is 7.35. The van der Waals surface area contributed by atoms with Crippen LogP contribution in [0.15, 0.2) is 55.2 Å². The van der Waals surface area contributed by atoms with E-state index < -0.39 is 0 Å². The first-order chi connectivity index (χ1) is 16.3. The van der Waals surface area contributed by atoms with Crippen molar-refractivity contribution in [2.24, 2.45) is 19.5 Å². The Morgan fingerprint density at radius 1 is 0.971 bits per heavy atom. The van der Waals surface area contributed by atoms with E-state index in [2.05, 4.69) is 27.6 Å². The lowest BCUT2D eigenvalue weighted by Crippen LogP contribution is -2.71. The third kappa shape index (κ3) is 3.50. The molecule has 8 heteroatoms. The topological polar surface area (TPSA) is 90.5 Å². The molecule has 0 spiro atoms. The van der Waals surface area contributed by atoms with Gasteiger partial charge in [0.15, 0.2) is 5.82 Å². The fourth-order valence-electron chi connectivity index (χ4n) is 5.89. The van der Waals surface area contributed by atoms with Crippen molar-refractivity contribution < 1.29 is 4.79 Å². The number of anilines is 1. The predicted molar refractivity (Wildman–Crippen MR) is 130 cm³/mol. The largest absolute Gasteiger partial charge is 0.364 e. The van der Waals surface area contributed by atoms with Gasteiger partial charge in [-0.2, -0.15) is 10.2 Å². The minimum absolute atomic E-state index is 0.0234. The summed E-state index contributed by atoms with van der Waals surface area (Å²) in [6.07, 6.45) is 13.3. The number of Topliss-reactive ketones (excluding diaryl/α,β-unsaturated/α-hetero) is 1. The zero-order chi connectivity index (χ0) is 23.5. The van der Waals surface area contributed by atoms with E-state index in [0.29, 0.717) is 12.2 Å². The van der Waals surface area contributed by atoms with E-state index in [1.165, 1.54) is 0 Å². The van der Waals surface area contributed by atoms with Crippen LogP contribution in [0.3, 0.4) is 0 Å². The van der Waals surface area contributed by atoms with Gasteiger partial charge in [-0.1, -0.05) is 18.2 Å². The van der Waals surface area contributed by atoms with E-state index in [1.54, 1.807) is 16.3 Å². The quantitative estimate of drug-likeness (QED) is 0.450.